The molecule has 0 aromatic carbocycles. The van der Waals surface area contributed by atoms with Crippen LogP contribution in [-0.4, -0.2) is 8.07 Å². The predicted octanol–water partition coefficient (Wildman–Crippen LogP) is 6.05. The van der Waals surface area contributed by atoms with E-state index >= 15 is 0 Å². The van der Waals surface area contributed by atoms with Crippen LogP contribution in [0.3, 0.4) is 0 Å². The van der Waals surface area contributed by atoms with Crippen LogP contribution in [0.15, 0.2) is 24.6 Å². The first kappa shape index (κ1) is 16.7. The van der Waals surface area contributed by atoms with Gasteiger partial charge in [-0.25, -0.2) is 0 Å². The SMILES string of the molecule is C=C[Si](C=C)(CCCCCC)CCCCCC. The van der Waals surface area contributed by atoms with E-state index in [1.807, 2.05) is 0 Å². The Hall–Kier alpha value is -0.303. The first-order valence-corrected chi connectivity index (χ1v) is 10.1. The topological polar surface area (TPSA) is 0 Å². The zero-order valence-corrected chi connectivity index (χ0v) is 13.1. The Labute approximate surface area is 110 Å². The fraction of sp³-hybridized carbons (Fsp3) is 0.750. The van der Waals surface area contributed by atoms with Gasteiger partial charge in [-0.3, -0.25) is 0 Å². The van der Waals surface area contributed by atoms with E-state index < -0.39 is 8.07 Å². The van der Waals surface area contributed by atoms with Crippen LogP contribution in [0.5, 0.6) is 0 Å². The summed E-state index contributed by atoms with van der Waals surface area (Å²) in [5, 5.41) is 0. The third kappa shape index (κ3) is 7.59. The molecule has 1 heteroatoms. The van der Waals surface area contributed by atoms with Crippen molar-refractivity contribution in [3.8, 4) is 0 Å². The summed E-state index contributed by atoms with van der Waals surface area (Å²) in [5.41, 5.74) is 4.55. The first-order chi connectivity index (χ1) is 8.24. The molecule has 17 heavy (non-hydrogen) atoms. The van der Waals surface area contributed by atoms with Crippen LogP contribution >= 0.6 is 0 Å². The molecule has 0 saturated heterocycles. The molecular weight excluding hydrogens is 220 g/mol. The zero-order valence-electron chi connectivity index (χ0n) is 12.1. The van der Waals surface area contributed by atoms with Crippen molar-refractivity contribution in [1.29, 1.82) is 0 Å². The van der Waals surface area contributed by atoms with E-state index in [4.69, 9.17) is 0 Å². The molecule has 0 aromatic heterocycles. The van der Waals surface area contributed by atoms with Gasteiger partial charge in [0.25, 0.3) is 0 Å². The van der Waals surface area contributed by atoms with E-state index in [9.17, 15) is 0 Å². The van der Waals surface area contributed by atoms with Crippen molar-refractivity contribution in [2.45, 2.75) is 77.3 Å². The van der Waals surface area contributed by atoms with Crippen molar-refractivity contribution < 1.29 is 0 Å². The van der Waals surface area contributed by atoms with E-state index in [0.29, 0.717) is 0 Å². The third-order valence-corrected chi connectivity index (χ3v) is 8.00. The summed E-state index contributed by atoms with van der Waals surface area (Å²) in [6.45, 7) is 12.7. The molecule has 0 aliphatic carbocycles. The van der Waals surface area contributed by atoms with Gasteiger partial charge in [-0.15, -0.1) is 13.2 Å². The largest absolute Gasteiger partial charge is 0.107 e. The van der Waals surface area contributed by atoms with Crippen molar-refractivity contribution in [3.05, 3.63) is 24.6 Å². The molecule has 0 unspecified atom stereocenters. The van der Waals surface area contributed by atoms with Crippen molar-refractivity contribution in [2.75, 3.05) is 0 Å². The zero-order chi connectivity index (χ0) is 13.0. The summed E-state index contributed by atoms with van der Waals surface area (Å²) in [6.07, 6.45) is 11.0. The molecule has 0 amide bonds. The van der Waals surface area contributed by atoms with Gasteiger partial charge < -0.3 is 0 Å². The molecule has 0 aliphatic rings. The maximum absolute atomic E-state index is 4.09. The molecule has 0 saturated carbocycles. The molecule has 0 bridgehead atoms. The van der Waals surface area contributed by atoms with Crippen LogP contribution in [0.25, 0.3) is 0 Å². The van der Waals surface area contributed by atoms with E-state index in [-0.39, 0.29) is 0 Å². The van der Waals surface area contributed by atoms with Gasteiger partial charge in [0.1, 0.15) is 8.07 Å². The van der Waals surface area contributed by atoms with Crippen LogP contribution in [0, 0.1) is 0 Å². The summed E-state index contributed by atoms with van der Waals surface area (Å²) in [7, 11) is -1.32. The van der Waals surface area contributed by atoms with Crippen LogP contribution < -0.4 is 0 Å². The van der Waals surface area contributed by atoms with Gasteiger partial charge in [0.15, 0.2) is 0 Å². The summed E-state index contributed by atoms with van der Waals surface area (Å²) < 4.78 is 0. The van der Waals surface area contributed by atoms with Gasteiger partial charge in [0, 0.05) is 0 Å². The van der Waals surface area contributed by atoms with Gasteiger partial charge in [0.05, 0.1) is 0 Å². The molecule has 0 rings (SSSR count). The molecule has 0 atom stereocenters. The van der Waals surface area contributed by atoms with E-state index in [2.05, 4.69) is 38.4 Å². The van der Waals surface area contributed by atoms with E-state index in [1.165, 1.54) is 63.5 Å². The normalized spacial score (nSPS) is 11.4. The number of hydrogen-bond donors (Lipinski definition) is 0. The second-order valence-electron chi connectivity index (χ2n) is 5.26. The summed E-state index contributed by atoms with van der Waals surface area (Å²) >= 11 is 0. The van der Waals surface area contributed by atoms with Gasteiger partial charge in [-0.05, 0) is 0 Å². The predicted molar refractivity (Wildman–Crippen MR) is 84.0 cm³/mol. The fourth-order valence-electron chi connectivity index (χ4n) is 2.38. The molecule has 0 aliphatic heterocycles. The van der Waals surface area contributed by atoms with Gasteiger partial charge in [-0.1, -0.05) is 88.7 Å². The summed E-state index contributed by atoms with van der Waals surface area (Å²) in [5.74, 6) is 0. The summed E-state index contributed by atoms with van der Waals surface area (Å²) in [6, 6.07) is 2.76. The average molecular weight is 253 g/mol. The highest BCUT2D eigenvalue weighted by molar-refractivity contribution is 6.88. The Balaban J connectivity index is 3.97. The van der Waals surface area contributed by atoms with Gasteiger partial charge >= 0.3 is 0 Å². The van der Waals surface area contributed by atoms with Crippen LogP contribution in [-0.2, 0) is 0 Å². The third-order valence-electron chi connectivity index (χ3n) is 3.80. The molecule has 0 heterocycles. The van der Waals surface area contributed by atoms with Crippen molar-refractivity contribution in [3.63, 3.8) is 0 Å². The lowest BCUT2D eigenvalue weighted by molar-refractivity contribution is 0.684. The maximum atomic E-state index is 4.09. The lowest BCUT2D eigenvalue weighted by Crippen LogP contribution is -2.29. The summed E-state index contributed by atoms with van der Waals surface area (Å²) in [4.78, 5) is 0. The van der Waals surface area contributed by atoms with E-state index in [0.717, 1.165) is 0 Å². The van der Waals surface area contributed by atoms with E-state index in [1.54, 1.807) is 0 Å². The molecular formula is C16H32Si. The number of unbranched alkanes of at least 4 members (excludes halogenated alkanes) is 6. The standard InChI is InChI=1S/C16H32Si/c1-5-9-11-13-15-17(7-3,8-4)16-14-12-10-6-2/h7-8H,3-6,9-16H2,1-2H3. The highest BCUT2D eigenvalue weighted by Gasteiger charge is 2.24. The highest BCUT2D eigenvalue weighted by Crippen LogP contribution is 2.25. The Morgan fingerprint density at radius 3 is 1.41 bits per heavy atom. The smallest absolute Gasteiger partial charge is 0.100 e. The number of hydrogen-bond acceptors (Lipinski definition) is 0. The Morgan fingerprint density at radius 1 is 0.706 bits per heavy atom. The minimum absolute atomic E-state index is 1.32. The quantitative estimate of drug-likeness (QED) is 0.293. The second-order valence-corrected chi connectivity index (χ2v) is 9.55. The van der Waals surface area contributed by atoms with Crippen molar-refractivity contribution in [1.82, 2.24) is 0 Å². The minimum atomic E-state index is -1.32. The lowest BCUT2D eigenvalue weighted by atomic mass is 10.2. The van der Waals surface area contributed by atoms with Crippen molar-refractivity contribution >= 4 is 8.07 Å². The molecule has 100 valence electrons. The van der Waals surface area contributed by atoms with Crippen LogP contribution in [0.1, 0.15) is 65.2 Å². The average Bonchev–Trinajstić information content (AvgIpc) is 2.37. The minimum Gasteiger partial charge on any atom is -0.107 e. The Bertz CT molecular complexity index is 174. The molecule has 0 aromatic rings. The second kappa shape index (κ2) is 10.8. The Kier molecular flexibility index (Phi) is 10.6. The fourth-order valence-corrected chi connectivity index (χ4v) is 5.43. The first-order valence-electron chi connectivity index (χ1n) is 7.52. The van der Waals surface area contributed by atoms with Gasteiger partial charge in [0.2, 0.25) is 0 Å². The molecule has 0 N–H and O–H groups in total. The molecule has 0 radical (unpaired) electrons. The molecule has 0 spiro atoms. The van der Waals surface area contributed by atoms with Gasteiger partial charge in [-0.2, -0.15) is 0 Å². The van der Waals surface area contributed by atoms with Crippen LogP contribution in [0.2, 0.25) is 12.1 Å². The monoisotopic (exact) mass is 252 g/mol. The molecule has 0 fully saturated rings. The number of rotatable bonds is 12. The van der Waals surface area contributed by atoms with Crippen LogP contribution in [0.4, 0.5) is 0 Å². The maximum Gasteiger partial charge on any atom is 0.100 e. The lowest BCUT2D eigenvalue weighted by Gasteiger charge is -2.24. The highest BCUT2D eigenvalue weighted by atomic mass is 28.3. The van der Waals surface area contributed by atoms with Crippen molar-refractivity contribution in [2.24, 2.45) is 0 Å². The molecule has 0 nitrogen and oxygen atoms in total. The Morgan fingerprint density at radius 2 is 1.12 bits per heavy atom.